The maximum Gasteiger partial charge on any atom is 0.253 e. The number of amides is 2. The van der Waals surface area contributed by atoms with Crippen LogP contribution >= 0.6 is 0 Å². The SMILES string of the molecule is C[C@@H]1CN(C(=O)C2CCC(NC(=O)c3ccc(-c4cccc(F)c4)nc3)CC2)CCN1. The summed E-state index contributed by atoms with van der Waals surface area (Å²) in [4.78, 5) is 31.7. The molecule has 0 unspecified atom stereocenters. The molecule has 2 aliphatic rings. The molecule has 1 saturated carbocycles. The number of aromatic nitrogens is 1. The lowest BCUT2D eigenvalue weighted by atomic mass is 9.85. The highest BCUT2D eigenvalue weighted by Gasteiger charge is 2.31. The minimum atomic E-state index is -0.318. The van der Waals surface area contributed by atoms with Crippen molar-refractivity contribution in [3.63, 3.8) is 0 Å². The Balaban J connectivity index is 1.28. The Bertz CT molecular complexity index is 925. The maximum absolute atomic E-state index is 13.4. The second-order valence-electron chi connectivity index (χ2n) is 8.60. The van der Waals surface area contributed by atoms with Crippen molar-refractivity contribution in [3.05, 3.63) is 54.0 Å². The average molecular weight is 425 g/mol. The lowest BCUT2D eigenvalue weighted by Crippen LogP contribution is -2.53. The van der Waals surface area contributed by atoms with Crippen LogP contribution in [-0.2, 0) is 4.79 Å². The van der Waals surface area contributed by atoms with E-state index in [2.05, 4.69) is 22.5 Å². The van der Waals surface area contributed by atoms with Crippen molar-refractivity contribution in [2.75, 3.05) is 19.6 Å². The van der Waals surface area contributed by atoms with Gasteiger partial charge in [-0.25, -0.2) is 4.39 Å². The molecule has 6 nitrogen and oxygen atoms in total. The zero-order chi connectivity index (χ0) is 21.8. The monoisotopic (exact) mass is 424 g/mol. The van der Waals surface area contributed by atoms with Crippen LogP contribution in [-0.4, -0.2) is 53.4 Å². The van der Waals surface area contributed by atoms with Gasteiger partial charge in [-0.1, -0.05) is 12.1 Å². The molecule has 2 amide bonds. The minimum absolute atomic E-state index is 0.0608. The van der Waals surface area contributed by atoms with Gasteiger partial charge < -0.3 is 15.5 Å². The molecule has 0 spiro atoms. The van der Waals surface area contributed by atoms with E-state index >= 15 is 0 Å². The maximum atomic E-state index is 13.4. The van der Waals surface area contributed by atoms with Crippen LogP contribution in [0, 0.1) is 11.7 Å². The molecule has 31 heavy (non-hydrogen) atoms. The molecule has 2 fully saturated rings. The predicted molar refractivity (Wildman–Crippen MR) is 117 cm³/mol. The molecule has 4 rings (SSSR count). The van der Waals surface area contributed by atoms with Gasteiger partial charge in [-0.15, -0.1) is 0 Å². The molecule has 164 valence electrons. The number of nitrogens with one attached hydrogen (secondary N) is 2. The zero-order valence-corrected chi connectivity index (χ0v) is 17.8. The molecule has 2 aromatic rings. The van der Waals surface area contributed by atoms with E-state index in [1.165, 1.54) is 18.3 Å². The Hall–Kier alpha value is -2.80. The summed E-state index contributed by atoms with van der Waals surface area (Å²) in [6.07, 6.45) is 4.74. The van der Waals surface area contributed by atoms with Crippen LogP contribution in [0.1, 0.15) is 43.0 Å². The highest BCUT2D eigenvalue weighted by Crippen LogP contribution is 2.27. The fourth-order valence-corrected chi connectivity index (χ4v) is 4.49. The Morgan fingerprint density at radius 2 is 1.97 bits per heavy atom. The molecule has 1 aromatic carbocycles. The largest absolute Gasteiger partial charge is 0.349 e. The first-order chi connectivity index (χ1) is 15.0. The van der Waals surface area contributed by atoms with E-state index in [4.69, 9.17) is 0 Å². The number of rotatable bonds is 4. The Morgan fingerprint density at radius 3 is 2.65 bits per heavy atom. The van der Waals surface area contributed by atoms with Gasteiger partial charge in [-0.2, -0.15) is 0 Å². The molecule has 1 saturated heterocycles. The van der Waals surface area contributed by atoms with Gasteiger partial charge in [-0.05, 0) is 56.9 Å². The summed E-state index contributed by atoms with van der Waals surface area (Å²) in [6.45, 7) is 4.50. The van der Waals surface area contributed by atoms with Crippen molar-refractivity contribution in [2.45, 2.75) is 44.7 Å². The molecule has 2 N–H and O–H groups in total. The zero-order valence-electron chi connectivity index (χ0n) is 17.8. The van der Waals surface area contributed by atoms with Crippen LogP contribution < -0.4 is 10.6 Å². The average Bonchev–Trinajstić information content (AvgIpc) is 2.79. The highest BCUT2D eigenvalue weighted by molar-refractivity contribution is 5.94. The summed E-state index contributed by atoms with van der Waals surface area (Å²) in [6, 6.07) is 10.1. The quantitative estimate of drug-likeness (QED) is 0.791. The first-order valence-electron chi connectivity index (χ1n) is 11.0. The number of hydrogen-bond donors (Lipinski definition) is 2. The first-order valence-corrected chi connectivity index (χ1v) is 11.0. The van der Waals surface area contributed by atoms with Gasteiger partial charge in [-0.3, -0.25) is 14.6 Å². The van der Waals surface area contributed by atoms with Gasteiger partial charge in [0, 0.05) is 49.4 Å². The van der Waals surface area contributed by atoms with Crippen LogP contribution in [0.3, 0.4) is 0 Å². The van der Waals surface area contributed by atoms with E-state index in [9.17, 15) is 14.0 Å². The molecule has 1 atom stereocenters. The number of hydrogen-bond acceptors (Lipinski definition) is 4. The van der Waals surface area contributed by atoms with Gasteiger partial charge in [0.25, 0.3) is 5.91 Å². The molecule has 2 heterocycles. The van der Waals surface area contributed by atoms with E-state index in [-0.39, 0.29) is 29.6 Å². The van der Waals surface area contributed by atoms with Crippen LogP contribution in [0.15, 0.2) is 42.6 Å². The van der Waals surface area contributed by atoms with Crippen molar-refractivity contribution in [3.8, 4) is 11.3 Å². The van der Waals surface area contributed by atoms with Gasteiger partial charge >= 0.3 is 0 Å². The summed E-state index contributed by atoms with van der Waals surface area (Å²) in [5.74, 6) is -0.161. The molecule has 1 aliphatic carbocycles. The molecule has 0 bridgehead atoms. The third-order valence-electron chi connectivity index (χ3n) is 6.24. The Kier molecular flexibility index (Phi) is 6.61. The topological polar surface area (TPSA) is 74.3 Å². The number of nitrogens with zero attached hydrogens (tertiary/aromatic N) is 2. The molecular weight excluding hydrogens is 395 g/mol. The second kappa shape index (κ2) is 9.56. The molecule has 1 aromatic heterocycles. The van der Waals surface area contributed by atoms with Gasteiger partial charge in [0.2, 0.25) is 5.91 Å². The van der Waals surface area contributed by atoms with Crippen LogP contribution in [0.5, 0.6) is 0 Å². The fraction of sp³-hybridized carbons (Fsp3) is 0.458. The number of piperazine rings is 1. The fourth-order valence-electron chi connectivity index (χ4n) is 4.49. The summed E-state index contributed by atoms with van der Waals surface area (Å²) in [5, 5.41) is 6.44. The third-order valence-corrected chi connectivity index (χ3v) is 6.24. The summed E-state index contributed by atoms with van der Waals surface area (Å²) in [5.41, 5.74) is 1.78. The summed E-state index contributed by atoms with van der Waals surface area (Å²) in [7, 11) is 0. The standard InChI is InChI=1S/C24H29FN4O2/c1-16-15-29(12-11-26-16)24(31)17-5-8-21(9-6-17)28-23(30)19-7-10-22(27-14-19)18-3-2-4-20(25)13-18/h2-4,7,10,13-14,16-17,21,26H,5-6,8-9,11-12,15H2,1H3,(H,28,30)/t16-,17?,21?/m1/s1. The molecule has 1 aliphatic heterocycles. The Labute approximate surface area is 182 Å². The van der Waals surface area contributed by atoms with Gasteiger partial charge in [0.05, 0.1) is 11.3 Å². The van der Waals surface area contributed by atoms with Crippen LogP contribution in [0.2, 0.25) is 0 Å². The number of carbonyl (C=O) groups is 2. The van der Waals surface area contributed by atoms with Crippen molar-refractivity contribution >= 4 is 11.8 Å². The first kappa shape index (κ1) is 21.4. The van der Waals surface area contributed by atoms with E-state index in [0.717, 1.165) is 45.3 Å². The third kappa shape index (κ3) is 5.28. The van der Waals surface area contributed by atoms with Crippen molar-refractivity contribution < 1.29 is 14.0 Å². The summed E-state index contributed by atoms with van der Waals surface area (Å²) >= 11 is 0. The second-order valence-corrected chi connectivity index (χ2v) is 8.60. The van der Waals surface area contributed by atoms with Crippen LogP contribution in [0.25, 0.3) is 11.3 Å². The number of halogens is 1. The minimum Gasteiger partial charge on any atom is -0.349 e. The van der Waals surface area contributed by atoms with E-state index in [0.29, 0.717) is 22.9 Å². The Morgan fingerprint density at radius 1 is 1.16 bits per heavy atom. The number of benzene rings is 1. The van der Waals surface area contributed by atoms with Gasteiger partial charge in [0.15, 0.2) is 0 Å². The van der Waals surface area contributed by atoms with Gasteiger partial charge in [0.1, 0.15) is 5.82 Å². The number of carbonyl (C=O) groups excluding carboxylic acids is 2. The normalized spacial score (nSPS) is 23.9. The molecular formula is C24H29FN4O2. The van der Waals surface area contributed by atoms with E-state index < -0.39 is 0 Å². The smallest absolute Gasteiger partial charge is 0.253 e. The van der Waals surface area contributed by atoms with E-state index in [1.54, 1.807) is 24.3 Å². The van der Waals surface area contributed by atoms with Crippen LogP contribution in [0.4, 0.5) is 4.39 Å². The lowest BCUT2D eigenvalue weighted by Gasteiger charge is -2.36. The van der Waals surface area contributed by atoms with E-state index in [1.807, 2.05) is 4.90 Å². The van der Waals surface area contributed by atoms with Crippen molar-refractivity contribution in [1.82, 2.24) is 20.5 Å². The molecule has 7 heteroatoms. The summed E-state index contributed by atoms with van der Waals surface area (Å²) < 4.78 is 13.4. The predicted octanol–water partition coefficient (Wildman–Crippen LogP) is 3.00. The van der Waals surface area contributed by atoms with Crippen molar-refractivity contribution in [1.29, 1.82) is 0 Å². The molecule has 0 radical (unpaired) electrons. The lowest BCUT2D eigenvalue weighted by molar-refractivity contribution is -0.137. The highest BCUT2D eigenvalue weighted by atomic mass is 19.1. The van der Waals surface area contributed by atoms with Crippen molar-refractivity contribution in [2.24, 2.45) is 5.92 Å². The number of pyridine rings is 1.